The zero-order chi connectivity index (χ0) is 15.4. The van der Waals surface area contributed by atoms with E-state index in [9.17, 15) is 9.90 Å². The predicted octanol–water partition coefficient (Wildman–Crippen LogP) is 2.25. The number of methoxy groups -OCH3 is 1. The maximum Gasteiger partial charge on any atom is 0.321 e. The highest BCUT2D eigenvalue weighted by atomic mass is 16.5. The fourth-order valence-electron chi connectivity index (χ4n) is 3.03. The number of carbonyl (C=O) groups is 1. The average molecular weight is 288 g/mol. The van der Waals surface area contributed by atoms with Gasteiger partial charge in [0.25, 0.3) is 0 Å². The first-order valence-corrected chi connectivity index (χ1v) is 7.10. The molecule has 0 bridgehead atoms. The van der Waals surface area contributed by atoms with Crippen LogP contribution in [0.5, 0.6) is 5.75 Å². The van der Waals surface area contributed by atoms with Gasteiger partial charge in [0.05, 0.1) is 12.7 Å². The zero-order valence-electron chi connectivity index (χ0n) is 12.4. The minimum atomic E-state index is -0.767. The number of carboxylic acids is 1. The van der Waals surface area contributed by atoms with E-state index in [0.717, 1.165) is 24.9 Å². The first kappa shape index (κ1) is 15.3. The fraction of sp³-hybridized carbons (Fsp3) is 0.500. The first-order chi connectivity index (χ1) is 10.1. The van der Waals surface area contributed by atoms with Gasteiger partial charge >= 0.3 is 5.97 Å². The molecule has 5 heteroatoms. The number of hydrogen-bond donors (Lipinski definition) is 1. The minimum absolute atomic E-state index is 0.143. The van der Waals surface area contributed by atoms with Crippen LogP contribution in [0, 0.1) is 17.2 Å². The molecule has 5 nitrogen and oxygen atoms in total. The number of nitrogens with zero attached hydrogens (tertiary/aromatic N) is 2. The van der Waals surface area contributed by atoms with Crippen molar-refractivity contribution in [2.24, 2.45) is 5.92 Å². The number of aliphatic carboxylic acids is 1. The van der Waals surface area contributed by atoms with Crippen molar-refractivity contribution in [3.05, 3.63) is 29.3 Å². The second kappa shape index (κ2) is 6.59. The van der Waals surface area contributed by atoms with Crippen molar-refractivity contribution < 1.29 is 14.6 Å². The topological polar surface area (TPSA) is 73.6 Å². The Bertz CT molecular complexity index is 565. The molecule has 0 aromatic heterocycles. The normalized spacial score (nSPS) is 22.5. The van der Waals surface area contributed by atoms with Crippen LogP contribution in [0.25, 0.3) is 0 Å². The zero-order valence-corrected chi connectivity index (χ0v) is 12.4. The van der Waals surface area contributed by atoms with E-state index in [0.29, 0.717) is 17.9 Å². The van der Waals surface area contributed by atoms with Crippen molar-refractivity contribution in [1.82, 2.24) is 4.90 Å². The van der Waals surface area contributed by atoms with Crippen molar-refractivity contribution in [1.29, 1.82) is 5.26 Å². The Labute approximate surface area is 124 Å². The third kappa shape index (κ3) is 3.34. The van der Waals surface area contributed by atoms with Crippen molar-refractivity contribution in [3.8, 4) is 11.8 Å². The molecule has 2 rings (SSSR count). The van der Waals surface area contributed by atoms with Gasteiger partial charge in [0.15, 0.2) is 0 Å². The Kier molecular flexibility index (Phi) is 4.81. The van der Waals surface area contributed by atoms with E-state index in [4.69, 9.17) is 10.00 Å². The van der Waals surface area contributed by atoms with Gasteiger partial charge in [-0.25, -0.2) is 0 Å². The van der Waals surface area contributed by atoms with Gasteiger partial charge in [0, 0.05) is 6.54 Å². The fourth-order valence-corrected chi connectivity index (χ4v) is 3.03. The lowest BCUT2D eigenvalue weighted by atomic mass is 9.90. The van der Waals surface area contributed by atoms with E-state index < -0.39 is 12.0 Å². The summed E-state index contributed by atoms with van der Waals surface area (Å²) in [6.07, 6.45) is 1.95. The third-order valence-electron chi connectivity index (χ3n) is 4.06. The summed E-state index contributed by atoms with van der Waals surface area (Å²) in [6.45, 7) is 3.30. The van der Waals surface area contributed by atoms with E-state index in [1.807, 2.05) is 17.9 Å². The molecular weight excluding hydrogens is 268 g/mol. The largest absolute Gasteiger partial charge is 0.495 e. The molecule has 1 heterocycles. The molecule has 1 aliphatic heterocycles. The van der Waals surface area contributed by atoms with Gasteiger partial charge in [-0.2, -0.15) is 5.26 Å². The molecule has 1 aromatic rings. The molecule has 112 valence electrons. The Balaban J connectivity index is 2.20. The van der Waals surface area contributed by atoms with E-state index >= 15 is 0 Å². The molecule has 0 aliphatic carbocycles. The average Bonchev–Trinajstić information content (AvgIpc) is 2.46. The van der Waals surface area contributed by atoms with Crippen LogP contribution in [0.15, 0.2) is 18.2 Å². The van der Waals surface area contributed by atoms with Crippen LogP contribution in [-0.2, 0) is 11.3 Å². The van der Waals surface area contributed by atoms with Gasteiger partial charge in [-0.1, -0.05) is 13.0 Å². The van der Waals surface area contributed by atoms with Gasteiger partial charge in [0.2, 0.25) is 0 Å². The smallest absolute Gasteiger partial charge is 0.321 e. The number of ether oxygens (including phenoxy) is 1. The standard InChI is InChI=1S/C16H20N2O3/c1-11-4-3-7-18(15(11)16(19)20)10-12-5-6-14(21-2)13(8-12)9-17/h5-6,8,11,15H,3-4,7,10H2,1-2H3,(H,19,20). The lowest BCUT2D eigenvalue weighted by Crippen LogP contribution is -2.48. The molecule has 1 fully saturated rings. The summed E-state index contributed by atoms with van der Waals surface area (Å²) in [5.41, 5.74) is 1.42. The lowest BCUT2D eigenvalue weighted by Gasteiger charge is -2.37. The summed E-state index contributed by atoms with van der Waals surface area (Å²) >= 11 is 0. The summed E-state index contributed by atoms with van der Waals surface area (Å²) in [5, 5.41) is 18.6. The van der Waals surface area contributed by atoms with Gasteiger partial charge in [-0.15, -0.1) is 0 Å². The number of likely N-dealkylation sites (tertiary alicyclic amines) is 1. The van der Waals surface area contributed by atoms with Crippen LogP contribution in [0.3, 0.4) is 0 Å². The van der Waals surface area contributed by atoms with Crippen LogP contribution in [0.1, 0.15) is 30.9 Å². The van der Waals surface area contributed by atoms with Gasteiger partial charge in [-0.3, -0.25) is 9.69 Å². The molecule has 2 atom stereocenters. The number of carboxylic acid groups (broad SMARTS) is 1. The number of benzene rings is 1. The molecule has 0 spiro atoms. The van der Waals surface area contributed by atoms with Crippen LogP contribution in [0.4, 0.5) is 0 Å². The third-order valence-corrected chi connectivity index (χ3v) is 4.06. The maximum absolute atomic E-state index is 11.5. The van der Waals surface area contributed by atoms with Crippen molar-refractivity contribution in [3.63, 3.8) is 0 Å². The molecule has 1 aliphatic rings. The Hall–Kier alpha value is -2.06. The monoisotopic (exact) mass is 288 g/mol. The number of piperidine rings is 1. The molecule has 1 N–H and O–H groups in total. The molecule has 0 saturated carbocycles. The maximum atomic E-state index is 11.5. The van der Waals surface area contributed by atoms with E-state index in [1.165, 1.54) is 7.11 Å². The van der Waals surface area contributed by atoms with E-state index in [2.05, 4.69) is 6.07 Å². The molecule has 2 unspecified atom stereocenters. The van der Waals surface area contributed by atoms with Crippen LogP contribution >= 0.6 is 0 Å². The van der Waals surface area contributed by atoms with E-state index in [1.54, 1.807) is 12.1 Å². The summed E-state index contributed by atoms with van der Waals surface area (Å²) in [4.78, 5) is 13.5. The van der Waals surface area contributed by atoms with Crippen LogP contribution < -0.4 is 4.74 Å². The number of nitriles is 1. The molecule has 21 heavy (non-hydrogen) atoms. The second-order valence-corrected chi connectivity index (χ2v) is 5.52. The van der Waals surface area contributed by atoms with Crippen LogP contribution in [-0.4, -0.2) is 35.7 Å². The number of rotatable bonds is 4. The molecule has 0 amide bonds. The molecular formula is C16H20N2O3. The van der Waals surface area contributed by atoms with Crippen molar-refractivity contribution in [2.75, 3.05) is 13.7 Å². The Morgan fingerprint density at radius 3 is 2.95 bits per heavy atom. The van der Waals surface area contributed by atoms with Crippen molar-refractivity contribution in [2.45, 2.75) is 32.4 Å². The van der Waals surface area contributed by atoms with E-state index in [-0.39, 0.29) is 5.92 Å². The molecule has 1 saturated heterocycles. The second-order valence-electron chi connectivity index (χ2n) is 5.52. The highest BCUT2D eigenvalue weighted by molar-refractivity contribution is 5.74. The lowest BCUT2D eigenvalue weighted by molar-refractivity contribution is -0.147. The van der Waals surface area contributed by atoms with Crippen molar-refractivity contribution >= 4 is 5.97 Å². The summed E-state index contributed by atoms with van der Waals surface area (Å²) in [5.74, 6) is -0.0794. The van der Waals surface area contributed by atoms with Gasteiger partial charge in [-0.05, 0) is 43.0 Å². The summed E-state index contributed by atoms with van der Waals surface area (Å²) < 4.78 is 5.13. The van der Waals surface area contributed by atoms with Gasteiger partial charge in [0.1, 0.15) is 17.9 Å². The Morgan fingerprint density at radius 1 is 1.57 bits per heavy atom. The highest BCUT2D eigenvalue weighted by Gasteiger charge is 2.34. The summed E-state index contributed by atoms with van der Waals surface area (Å²) in [7, 11) is 1.53. The van der Waals surface area contributed by atoms with Gasteiger partial charge < -0.3 is 9.84 Å². The highest BCUT2D eigenvalue weighted by Crippen LogP contribution is 2.26. The molecule has 1 aromatic carbocycles. The molecule has 0 radical (unpaired) electrons. The number of hydrogen-bond acceptors (Lipinski definition) is 4. The van der Waals surface area contributed by atoms with Crippen LogP contribution in [0.2, 0.25) is 0 Å². The quantitative estimate of drug-likeness (QED) is 0.920. The Morgan fingerprint density at radius 2 is 2.33 bits per heavy atom. The SMILES string of the molecule is COc1ccc(CN2CCCC(C)C2C(=O)O)cc1C#N. The first-order valence-electron chi connectivity index (χ1n) is 7.10. The summed E-state index contributed by atoms with van der Waals surface area (Å²) in [6, 6.07) is 7.08. The predicted molar refractivity (Wildman–Crippen MR) is 77.9 cm³/mol. The minimum Gasteiger partial charge on any atom is -0.495 e.